The van der Waals surface area contributed by atoms with Crippen LogP contribution in [-0.2, 0) is 25.6 Å². The number of carbonyl (C=O) groups excluding carboxylic acids is 4. The number of nitrogens with zero attached hydrogens (tertiary/aromatic N) is 1. The van der Waals surface area contributed by atoms with Crippen LogP contribution >= 0.6 is 0 Å². The summed E-state index contributed by atoms with van der Waals surface area (Å²) in [4.78, 5) is 58.7. The number of carbonyl (C=O) groups is 4. The van der Waals surface area contributed by atoms with Gasteiger partial charge >= 0.3 is 5.97 Å². The molecule has 178 valence electrons. The number of nitro groups is 1. The third kappa shape index (κ3) is 8.54. The Kier molecular flexibility index (Phi) is 9.44. The first-order chi connectivity index (χ1) is 16.2. The molecule has 0 fully saturated rings. The van der Waals surface area contributed by atoms with Gasteiger partial charge in [-0.15, -0.1) is 0 Å². The number of ether oxygens (including phenoxy) is 1. The number of hydrogen-bond donors (Lipinski definition) is 3. The van der Waals surface area contributed by atoms with Crippen LogP contribution < -0.4 is 20.7 Å². The van der Waals surface area contributed by atoms with Crippen molar-refractivity contribution in [1.82, 2.24) is 16.0 Å². The summed E-state index contributed by atoms with van der Waals surface area (Å²) in [5.74, 6) is -2.45. The standard InChI is InChI=1S/C23H24N4O7/c1-15(2)22(30)24-13-20(28)26-19(12-16-6-4-3-5-7-16)23(31)25-14-21(29)34-18-10-8-17(9-11-18)27(32)33/h3-11,19H,1,12-14H2,2H3,(H,24,30)(H,25,31)(H,26,28). The van der Waals surface area contributed by atoms with Gasteiger partial charge in [0.05, 0.1) is 11.5 Å². The molecule has 0 aromatic heterocycles. The quantitative estimate of drug-likeness (QED) is 0.146. The zero-order valence-electron chi connectivity index (χ0n) is 18.4. The van der Waals surface area contributed by atoms with Crippen molar-refractivity contribution in [3.63, 3.8) is 0 Å². The number of amides is 3. The van der Waals surface area contributed by atoms with Gasteiger partial charge in [-0.1, -0.05) is 36.9 Å². The van der Waals surface area contributed by atoms with Crippen molar-refractivity contribution >= 4 is 29.4 Å². The van der Waals surface area contributed by atoms with Crippen molar-refractivity contribution in [2.75, 3.05) is 13.1 Å². The normalized spacial score (nSPS) is 11.0. The first-order valence-electron chi connectivity index (χ1n) is 10.2. The molecular weight excluding hydrogens is 444 g/mol. The summed E-state index contributed by atoms with van der Waals surface area (Å²) in [6.07, 6.45) is 0.143. The van der Waals surface area contributed by atoms with Gasteiger partial charge in [-0.2, -0.15) is 0 Å². The van der Waals surface area contributed by atoms with E-state index in [1.807, 2.05) is 0 Å². The molecule has 0 aliphatic rings. The van der Waals surface area contributed by atoms with Crippen LogP contribution in [0.5, 0.6) is 5.75 Å². The van der Waals surface area contributed by atoms with E-state index in [9.17, 15) is 29.3 Å². The molecule has 11 nitrogen and oxygen atoms in total. The van der Waals surface area contributed by atoms with E-state index < -0.39 is 41.2 Å². The predicted molar refractivity (Wildman–Crippen MR) is 122 cm³/mol. The maximum absolute atomic E-state index is 12.7. The monoisotopic (exact) mass is 468 g/mol. The second-order valence-corrected chi connectivity index (χ2v) is 7.22. The Morgan fingerprint density at radius 3 is 2.24 bits per heavy atom. The molecule has 0 heterocycles. The van der Waals surface area contributed by atoms with Gasteiger partial charge in [-0.25, -0.2) is 4.79 Å². The molecular formula is C23H24N4O7. The van der Waals surface area contributed by atoms with Crippen LogP contribution in [0.2, 0.25) is 0 Å². The third-order valence-electron chi connectivity index (χ3n) is 4.42. The summed E-state index contributed by atoms with van der Waals surface area (Å²) < 4.78 is 5.05. The van der Waals surface area contributed by atoms with Gasteiger partial charge in [0.15, 0.2) is 0 Å². The van der Waals surface area contributed by atoms with Gasteiger partial charge in [0.1, 0.15) is 18.3 Å². The summed E-state index contributed by atoms with van der Waals surface area (Å²) in [5.41, 5.74) is 0.840. The SMILES string of the molecule is C=C(C)C(=O)NCC(=O)NC(Cc1ccccc1)C(=O)NCC(=O)Oc1ccc([N+](=O)[O-])cc1. The topological polar surface area (TPSA) is 157 Å². The molecule has 3 amide bonds. The Morgan fingerprint density at radius 2 is 1.65 bits per heavy atom. The van der Waals surface area contributed by atoms with E-state index in [-0.39, 0.29) is 30.0 Å². The summed E-state index contributed by atoms with van der Waals surface area (Å²) >= 11 is 0. The maximum Gasteiger partial charge on any atom is 0.330 e. The number of hydrogen-bond acceptors (Lipinski definition) is 7. The fourth-order valence-corrected chi connectivity index (χ4v) is 2.70. The van der Waals surface area contributed by atoms with Crippen LogP contribution in [0.1, 0.15) is 12.5 Å². The smallest absolute Gasteiger partial charge is 0.330 e. The highest BCUT2D eigenvalue weighted by Gasteiger charge is 2.22. The zero-order valence-corrected chi connectivity index (χ0v) is 18.4. The molecule has 0 saturated carbocycles. The molecule has 1 unspecified atom stereocenters. The van der Waals surface area contributed by atoms with E-state index in [4.69, 9.17) is 4.74 Å². The van der Waals surface area contributed by atoms with E-state index in [1.165, 1.54) is 31.2 Å². The van der Waals surface area contributed by atoms with Crippen molar-refractivity contribution in [2.45, 2.75) is 19.4 Å². The van der Waals surface area contributed by atoms with Crippen molar-refractivity contribution in [3.05, 3.63) is 82.4 Å². The van der Waals surface area contributed by atoms with Gasteiger partial charge in [0, 0.05) is 24.1 Å². The van der Waals surface area contributed by atoms with Crippen LogP contribution in [0, 0.1) is 10.1 Å². The number of non-ortho nitro benzene ring substituents is 1. The molecule has 1 atom stereocenters. The molecule has 0 radical (unpaired) electrons. The molecule has 0 aliphatic heterocycles. The van der Waals surface area contributed by atoms with Gasteiger partial charge < -0.3 is 20.7 Å². The number of esters is 1. The Hall–Kier alpha value is -4.54. The molecule has 0 bridgehead atoms. The Labute approximate surface area is 195 Å². The average molecular weight is 468 g/mol. The molecule has 2 aromatic rings. The van der Waals surface area contributed by atoms with Crippen molar-refractivity contribution in [2.24, 2.45) is 0 Å². The van der Waals surface area contributed by atoms with Crippen molar-refractivity contribution in [3.8, 4) is 5.75 Å². The molecule has 3 N–H and O–H groups in total. The van der Waals surface area contributed by atoms with Crippen LogP contribution in [0.25, 0.3) is 0 Å². The summed E-state index contributed by atoms with van der Waals surface area (Å²) in [7, 11) is 0. The van der Waals surface area contributed by atoms with E-state index in [0.29, 0.717) is 0 Å². The largest absolute Gasteiger partial charge is 0.425 e. The van der Waals surface area contributed by atoms with Gasteiger partial charge in [0.2, 0.25) is 17.7 Å². The molecule has 0 aliphatic carbocycles. The summed E-state index contributed by atoms with van der Waals surface area (Å²) in [6, 6.07) is 12.8. The first-order valence-corrected chi connectivity index (χ1v) is 10.2. The lowest BCUT2D eigenvalue weighted by molar-refractivity contribution is -0.384. The van der Waals surface area contributed by atoms with Gasteiger partial charge in [-0.3, -0.25) is 24.5 Å². The van der Waals surface area contributed by atoms with E-state index in [2.05, 4.69) is 22.5 Å². The number of nitro benzene ring substituents is 1. The second kappa shape index (κ2) is 12.5. The minimum absolute atomic E-state index is 0.0761. The van der Waals surface area contributed by atoms with Crippen LogP contribution in [0.3, 0.4) is 0 Å². The Balaban J connectivity index is 1.96. The highest BCUT2D eigenvalue weighted by Crippen LogP contribution is 2.17. The number of benzene rings is 2. The van der Waals surface area contributed by atoms with Gasteiger partial charge in [0.25, 0.3) is 5.69 Å². The molecule has 2 rings (SSSR count). The fraction of sp³-hybridized carbons (Fsp3) is 0.217. The molecule has 0 saturated heterocycles. The molecule has 2 aromatic carbocycles. The summed E-state index contributed by atoms with van der Waals surface area (Å²) in [6.45, 7) is 4.12. The molecule has 0 spiro atoms. The van der Waals surface area contributed by atoms with Crippen LogP contribution in [0.15, 0.2) is 66.7 Å². The van der Waals surface area contributed by atoms with Gasteiger partial charge in [-0.05, 0) is 24.6 Å². The Bertz CT molecular complexity index is 1070. The van der Waals surface area contributed by atoms with E-state index >= 15 is 0 Å². The fourth-order valence-electron chi connectivity index (χ4n) is 2.70. The average Bonchev–Trinajstić information content (AvgIpc) is 2.81. The van der Waals surface area contributed by atoms with E-state index in [0.717, 1.165) is 5.56 Å². The van der Waals surface area contributed by atoms with Crippen LogP contribution in [0.4, 0.5) is 5.69 Å². The Morgan fingerprint density at radius 1 is 1.00 bits per heavy atom. The first kappa shape index (κ1) is 25.7. The van der Waals surface area contributed by atoms with Crippen molar-refractivity contribution in [1.29, 1.82) is 0 Å². The second-order valence-electron chi connectivity index (χ2n) is 7.22. The predicted octanol–water partition coefficient (Wildman–Crippen LogP) is 1.04. The lowest BCUT2D eigenvalue weighted by Crippen LogP contribution is -2.51. The zero-order chi connectivity index (χ0) is 25.1. The lowest BCUT2D eigenvalue weighted by Gasteiger charge is -2.19. The minimum atomic E-state index is -1.02. The highest BCUT2D eigenvalue weighted by molar-refractivity contribution is 5.96. The number of rotatable bonds is 11. The maximum atomic E-state index is 12.7. The number of nitrogens with one attached hydrogen (secondary N) is 3. The molecule has 34 heavy (non-hydrogen) atoms. The molecule has 11 heteroatoms. The van der Waals surface area contributed by atoms with Crippen molar-refractivity contribution < 1.29 is 28.8 Å². The minimum Gasteiger partial charge on any atom is -0.425 e. The van der Waals surface area contributed by atoms with Crippen LogP contribution in [-0.4, -0.2) is 47.7 Å². The lowest BCUT2D eigenvalue weighted by atomic mass is 10.1. The summed E-state index contributed by atoms with van der Waals surface area (Å²) in [5, 5.41) is 18.0. The van der Waals surface area contributed by atoms with E-state index in [1.54, 1.807) is 30.3 Å². The highest BCUT2D eigenvalue weighted by atomic mass is 16.6. The third-order valence-corrected chi connectivity index (χ3v) is 4.42.